The van der Waals surface area contributed by atoms with Crippen molar-refractivity contribution in [1.29, 1.82) is 0 Å². The van der Waals surface area contributed by atoms with E-state index in [2.05, 4.69) is 10.6 Å². The fraction of sp³-hybridized carbons (Fsp3) is 0.227. The molecule has 0 aliphatic rings. The van der Waals surface area contributed by atoms with E-state index in [1.54, 1.807) is 51.4 Å². The summed E-state index contributed by atoms with van der Waals surface area (Å²) >= 11 is 0. The largest absolute Gasteiger partial charge is 0.505 e. The van der Waals surface area contributed by atoms with E-state index in [0.29, 0.717) is 5.56 Å². The number of carbonyl (C=O) groups excluding carboxylic acids is 1. The van der Waals surface area contributed by atoms with Crippen LogP contribution in [0.1, 0.15) is 31.8 Å². The highest BCUT2D eigenvalue weighted by atomic mass is 16.3. The Balaban J connectivity index is 0.00000256. The van der Waals surface area contributed by atoms with Crippen LogP contribution in [0.15, 0.2) is 58.1 Å². The molecule has 1 amide bonds. The molecule has 8 nitrogen and oxygen atoms in total. The standard InChI is InChI=1S/C22H23N3O5.2H2/c1-12(18(26)13-8-5-4-6-9-13)23-16-17(21(29)20(16)28)24-15-11-7-10-14(19(15)27)22(30)25(2)3;;/h4-12,18,23-24,26-27H,1-3H3;2*1H/t12-,18-;;/m1../s1. The van der Waals surface area contributed by atoms with E-state index >= 15 is 0 Å². The van der Waals surface area contributed by atoms with Crippen molar-refractivity contribution in [3.05, 3.63) is 80.1 Å². The van der Waals surface area contributed by atoms with Crippen molar-refractivity contribution in [2.24, 2.45) is 0 Å². The summed E-state index contributed by atoms with van der Waals surface area (Å²) < 4.78 is 0. The number of phenols is 1. The number of para-hydroxylation sites is 1. The summed E-state index contributed by atoms with van der Waals surface area (Å²) in [4.78, 5) is 37.7. The Morgan fingerprint density at radius 3 is 2.27 bits per heavy atom. The molecule has 0 fully saturated rings. The average Bonchev–Trinajstić information content (AvgIpc) is 2.76. The molecule has 2 atom stereocenters. The molecule has 3 aromatic rings. The third-order valence-corrected chi connectivity index (χ3v) is 4.83. The minimum absolute atomic E-state index is 0. The van der Waals surface area contributed by atoms with Gasteiger partial charge >= 0.3 is 0 Å². The van der Waals surface area contributed by atoms with Crippen LogP contribution in [0.2, 0.25) is 0 Å². The Bertz CT molecular complexity index is 1140. The highest BCUT2D eigenvalue weighted by molar-refractivity contribution is 5.99. The van der Waals surface area contributed by atoms with Crippen molar-refractivity contribution < 1.29 is 17.9 Å². The highest BCUT2D eigenvalue weighted by Gasteiger charge is 2.26. The number of nitrogens with zero attached hydrogens (tertiary/aromatic N) is 1. The van der Waals surface area contributed by atoms with E-state index in [0.717, 1.165) is 0 Å². The minimum atomic E-state index is -0.905. The first-order chi connectivity index (χ1) is 14.2. The van der Waals surface area contributed by atoms with Gasteiger partial charge in [-0.15, -0.1) is 0 Å². The number of nitrogens with one attached hydrogen (secondary N) is 2. The Labute approximate surface area is 176 Å². The first-order valence-electron chi connectivity index (χ1n) is 9.35. The molecule has 4 N–H and O–H groups in total. The topological polar surface area (TPSA) is 119 Å². The molecule has 0 aliphatic carbocycles. The highest BCUT2D eigenvalue weighted by Crippen LogP contribution is 2.32. The zero-order valence-corrected chi connectivity index (χ0v) is 16.8. The SMILES string of the molecule is C[C@@H](Nc1c(Nc2cccc(C(=O)N(C)C)c2O)c(=O)c1=O)[C@@H](O)c1ccccc1.[HH].[HH]. The lowest BCUT2D eigenvalue weighted by Gasteiger charge is -2.24. The van der Waals surface area contributed by atoms with Gasteiger partial charge in [0.05, 0.1) is 23.4 Å². The molecule has 30 heavy (non-hydrogen) atoms. The third kappa shape index (κ3) is 3.90. The normalized spacial score (nSPS) is 12.9. The van der Waals surface area contributed by atoms with E-state index in [9.17, 15) is 24.6 Å². The van der Waals surface area contributed by atoms with Crippen LogP contribution in [-0.4, -0.2) is 41.2 Å². The van der Waals surface area contributed by atoms with E-state index in [4.69, 9.17) is 0 Å². The summed E-state index contributed by atoms with van der Waals surface area (Å²) in [6.45, 7) is 1.69. The minimum Gasteiger partial charge on any atom is -0.505 e. The maximum Gasteiger partial charge on any atom is 0.257 e. The summed E-state index contributed by atoms with van der Waals surface area (Å²) in [6, 6.07) is 12.9. The maximum absolute atomic E-state index is 12.2. The second-order valence-corrected chi connectivity index (χ2v) is 7.22. The molecule has 3 aromatic carbocycles. The van der Waals surface area contributed by atoms with E-state index in [1.165, 1.54) is 17.0 Å². The number of benzene rings is 2. The predicted molar refractivity (Wildman–Crippen MR) is 119 cm³/mol. The van der Waals surface area contributed by atoms with Gasteiger partial charge in [0.25, 0.3) is 16.8 Å². The molecule has 0 saturated carbocycles. The molecule has 8 heteroatoms. The lowest BCUT2D eigenvalue weighted by molar-refractivity contribution is 0.0824. The fourth-order valence-corrected chi connectivity index (χ4v) is 3.09. The number of aliphatic hydroxyl groups excluding tert-OH is 1. The third-order valence-electron chi connectivity index (χ3n) is 4.83. The molecule has 0 aromatic heterocycles. The number of hydrogen-bond acceptors (Lipinski definition) is 7. The number of aliphatic hydroxyl groups is 1. The number of phenolic OH excluding ortho intramolecular Hbond substituents is 1. The number of aromatic hydroxyl groups is 1. The van der Waals surface area contributed by atoms with Crippen molar-refractivity contribution in [3.63, 3.8) is 0 Å². The van der Waals surface area contributed by atoms with Gasteiger partial charge in [0.15, 0.2) is 5.75 Å². The van der Waals surface area contributed by atoms with Gasteiger partial charge in [0.2, 0.25) is 0 Å². The molecule has 0 bridgehead atoms. The number of hydrogen-bond donors (Lipinski definition) is 4. The second kappa shape index (κ2) is 8.38. The Kier molecular flexibility index (Phi) is 5.89. The Morgan fingerprint density at radius 1 is 1.00 bits per heavy atom. The Hall–Kier alpha value is -3.65. The first kappa shape index (κ1) is 21.1. The summed E-state index contributed by atoms with van der Waals surface area (Å²) in [7, 11) is 3.11. The van der Waals surface area contributed by atoms with Gasteiger partial charge in [-0.25, -0.2) is 0 Å². The van der Waals surface area contributed by atoms with Gasteiger partial charge in [0, 0.05) is 16.9 Å². The molecule has 0 aliphatic heterocycles. The Morgan fingerprint density at radius 2 is 1.63 bits per heavy atom. The summed E-state index contributed by atoms with van der Waals surface area (Å²) in [5, 5.41) is 26.6. The number of anilines is 3. The number of carbonyl (C=O) groups is 1. The van der Waals surface area contributed by atoms with Crippen molar-refractivity contribution >= 4 is 23.0 Å². The number of rotatable bonds is 7. The quantitative estimate of drug-likeness (QED) is 0.347. The van der Waals surface area contributed by atoms with Crippen LogP contribution >= 0.6 is 0 Å². The lowest BCUT2D eigenvalue weighted by Crippen LogP contribution is -2.39. The van der Waals surface area contributed by atoms with Crippen LogP contribution in [0.25, 0.3) is 0 Å². The van der Waals surface area contributed by atoms with Gasteiger partial charge in [-0.3, -0.25) is 14.4 Å². The summed E-state index contributed by atoms with van der Waals surface area (Å²) in [5.74, 6) is -0.730. The van der Waals surface area contributed by atoms with E-state index < -0.39 is 28.9 Å². The van der Waals surface area contributed by atoms with Crippen molar-refractivity contribution in [3.8, 4) is 5.75 Å². The molecule has 3 rings (SSSR count). The maximum atomic E-state index is 12.2. The van der Waals surface area contributed by atoms with E-state index in [1.807, 2.05) is 6.07 Å². The molecule has 0 unspecified atom stereocenters. The predicted octanol–water partition coefficient (Wildman–Crippen LogP) is 2.46. The molecular formula is C22H27N3O5. The number of amides is 1. The van der Waals surface area contributed by atoms with Gasteiger partial charge < -0.3 is 25.7 Å². The lowest BCUT2D eigenvalue weighted by atomic mass is 10.0. The molecule has 0 radical (unpaired) electrons. The summed E-state index contributed by atoms with van der Waals surface area (Å²) in [6.07, 6.45) is -0.905. The molecule has 160 valence electrons. The van der Waals surface area contributed by atoms with Crippen molar-refractivity contribution in [1.82, 2.24) is 4.90 Å². The van der Waals surface area contributed by atoms with Gasteiger partial charge in [-0.2, -0.15) is 0 Å². The van der Waals surface area contributed by atoms with Crippen LogP contribution in [-0.2, 0) is 0 Å². The van der Waals surface area contributed by atoms with Crippen LogP contribution in [0, 0.1) is 0 Å². The van der Waals surface area contributed by atoms with Crippen molar-refractivity contribution in [2.45, 2.75) is 19.1 Å². The second-order valence-electron chi connectivity index (χ2n) is 7.22. The van der Waals surface area contributed by atoms with Gasteiger partial charge in [-0.05, 0) is 24.6 Å². The zero-order chi connectivity index (χ0) is 22.0. The van der Waals surface area contributed by atoms with Crippen molar-refractivity contribution in [2.75, 3.05) is 24.7 Å². The zero-order valence-electron chi connectivity index (χ0n) is 16.8. The first-order valence-corrected chi connectivity index (χ1v) is 9.35. The van der Waals surface area contributed by atoms with Gasteiger partial charge in [-0.1, -0.05) is 36.4 Å². The smallest absolute Gasteiger partial charge is 0.257 e. The van der Waals surface area contributed by atoms with Crippen LogP contribution < -0.4 is 21.5 Å². The molecular weight excluding hydrogens is 386 g/mol. The molecule has 0 saturated heterocycles. The molecule has 0 heterocycles. The van der Waals surface area contributed by atoms with Crippen LogP contribution in [0.5, 0.6) is 5.75 Å². The van der Waals surface area contributed by atoms with Crippen LogP contribution in [0.3, 0.4) is 0 Å². The fourth-order valence-electron chi connectivity index (χ4n) is 3.09. The van der Waals surface area contributed by atoms with Gasteiger partial charge in [0.1, 0.15) is 11.4 Å². The summed E-state index contributed by atoms with van der Waals surface area (Å²) in [5.41, 5.74) is -0.631. The average molecular weight is 413 g/mol. The van der Waals surface area contributed by atoms with E-state index in [-0.39, 0.29) is 31.2 Å². The monoisotopic (exact) mass is 413 g/mol. The van der Waals surface area contributed by atoms with Crippen LogP contribution in [0.4, 0.5) is 17.1 Å². The molecule has 0 spiro atoms.